The third-order valence-electron chi connectivity index (χ3n) is 3.16. The minimum atomic E-state index is 0.308. The average molecular weight is 207 g/mol. The van der Waals surface area contributed by atoms with Crippen LogP contribution in [0.25, 0.3) is 0 Å². The van der Waals surface area contributed by atoms with E-state index < -0.39 is 0 Å². The number of rotatable bonds is 3. The molecule has 0 heterocycles. The second kappa shape index (κ2) is 4.11. The van der Waals surface area contributed by atoms with Crippen LogP contribution in [0.3, 0.4) is 0 Å². The van der Waals surface area contributed by atoms with Gasteiger partial charge < -0.3 is 15.2 Å². The fourth-order valence-electron chi connectivity index (χ4n) is 2.02. The van der Waals surface area contributed by atoms with Gasteiger partial charge in [-0.25, -0.2) is 0 Å². The van der Waals surface area contributed by atoms with Crippen molar-refractivity contribution in [3.8, 4) is 11.5 Å². The molecule has 82 valence electrons. The topological polar surface area (TPSA) is 44.5 Å². The predicted molar refractivity (Wildman–Crippen MR) is 59.5 cm³/mol. The zero-order chi connectivity index (χ0) is 10.8. The van der Waals surface area contributed by atoms with Gasteiger partial charge in [0.15, 0.2) is 11.5 Å². The van der Waals surface area contributed by atoms with Crippen molar-refractivity contribution >= 4 is 0 Å². The van der Waals surface area contributed by atoms with Crippen LogP contribution in [-0.2, 0) is 0 Å². The SMILES string of the molecule is COc1ccc(C2CCC2N)cc1OC. The van der Waals surface area contributed by atoms with Crippen LogP contribution in [0.15, 0.2) is 18.2 Å². The van der Waals surface area contributed by atoms with E-state index in [9.17, 15) is 0 Å². The maximum absolute atomic E-state index is 5.94. The smallest absolute Gasteiger partial charge is 0.160 e. The third kappa shape index (κ3) is 1.79. The molecule has 3 heteroatoms. The zero-order valence-electron chi connectivity index (χ0n) is 9.19. The van der Waals surface area contributed by atoms with Crippen molar-refractivity contribution in [2.75, 3.05) is 14.2 Å². The van der Waals surface area contributed by atoms with Crippen LogP contribution >= 0.6 is 0 Å². The van der Waals surface area contributed by atoms with Crippen LogP contribution in [0.2, 0.25) is 0 Å². The summed E-state index contributed by atoms with van der Waals surface area (Å²) in [6.45, 7) is 0. The predicted octanol–water partition coefficient (Wildman–Crippen LogP) is 1.91. The molecule has 0 bridgehead atoms. The Labute approximate surface area is 90.2 Å². The number of hydrogen-bond donors (Lipinski definition) is 1. The van der Waals surface area contributed by atoms with Gasteiger partial charge >= 0.3 is 0 Å². The largest absolute Gasteiger partial charge is 0.493 e. The quantitative estimate of drug-likeness (QED) is 0.823. The first-order valence-corrected chi connectivity index (χ1v) is 5.23. The third-order valence-corrected chi connectivity index (χ3v) is 3.16. The molecule has 1 aromatic rings. The second-order valence-corrected chi connectivity index (χ2v) is 3.96. The number of ether oxygens (including phenoxy) is 2. The standard InChI is InChI=1S/C12H17NO2/c1-14-11-6-3-8(7-12(11)15-2)9-4-5-10(9)13/h3,6-7,9-10H,4-5,13H2,1-2H3. The molecule has 1 fully saturated rings. The molecule has 2 atom stereocenters. The van der Waals surface area contributed by atoms with Crippen molar-refractivity contribution in [2.45, 2.75) is 24.8 Å². The lowest BCUT2D eigenvalue weighted by molar-refractivity contribution is 0.337. The van der Waals surface area contributed by atoms with Gasteiger partial charge in [0.05, 0.1) is 14.2 Å². The molecule has 0 saturated heterocycles. The van der Waals surface area contributed by atoms with Gasteiger partial charge in [-0.3, -0.25) is 0 Å². The van der Waals surface area contributed by atoms with Crippen molar-refractivity contribution < 1.29 is 9.47 Å². The van der Waals surface area contributed by atoms with E-state index in [1.807, 2.05) is 12.1 Å². The molecule has 0 spiro atoms. The monoisotopic (exact) mass is 207 g/mol. The van der Waals surface area contributed by atoms with Crippen molar-refractivity contribution in [3.05, 3.63) is 23.8 Å². The van der Waals surface area contributed by atoms with Crippen molar-refractivity contribution in [1.82, 2.24) is 0 Å². The summed E-state index contributed by atoms with van der Waals surface area (Å²) < 4.78 is 10.5. The summed E-state index contributed by atoms with van der Waals surface area (Å²) in [5.74, 6) is 2.05. The Balaban J connectivity index is 2.26. The van der Waals surface area contributed by atoms with Gasteiger partial charge in [-0.05, 0) is 36.5 Å². The highest BCUT2D eigenvalue weighted by molar-refractivity contribution is 5.44. The van der Waals surface area contributed by atoms with E-state index in [2.05, 4.69) is 6.07 Å². The van der Waals surface area contributed by atoms with Crippen LogP contribution in [-0.4, -0.2) is 20.3 Å². The molecule has 0 aliphatic heterocycles. The molecule has 2 N–H and O–H groups in total. The van der Waals surface area contributed by atoms with Gasteiger partial charge in [-0.1, -0.05) is 6.07 Å². The van der Waals surface area contributed by atoms with Crippen LogP contribution in [0.1, 0.15) is 24.3 Å². The lowest BCUT2D eigenvalue weighted by atomic mass is 9.75. The fraction of sp³-hybridized carbons (Fsp3) is 0.500. The van der Waals surface area contributed by atoms with Crippen LogP contribution in [0.5, 0.6) is 11.5 Å². The van der Waals surface area contributed by atoms with E-state index in [4.69, 9.17) is 15.2 Å². The molecule has 3 nitrogen and oxygen atoms in total. The Kier molecular flexibility index (Phi) is 2.82. The molecular weight excluding hydrogens is 190 g/mol. The first kappa shape index (κ1) is 10.3. The average Bonchev–Trinajstić information content (AvgIpc) is 2.26. The van der Waals surface area contributed by atoms with Crippen LogP contribution in [0.4, 0.5) is 0 Å². The molecular formula is C12H17NO2. The van der Waals surface area contributed by atoms with Crippen molar-refractivity contribution in [3.63, 3.8) is 0 Å². The zero-order valence-corrected chi connectivity index (χ0v) is 9.19. The number of methoxy groups -OCH3 is 2. The lowest BCUT2D eigenvalue weighted by Crippen LogP contribution is -2.37. The molecule has 1 aliphatic carbocycles. The molecule has 15 heavy (non-hydrogen) atoms. The van der Waals surface area contributed by atoms with E-state index in [1.54, 1.807) is 14.2 Å². The molecule has 2 rings (SSSR count). The lowest BCUT2D eigenvalue weighted by Gasteiger charge is -2.34. The number of nitrogens with two attached hydrogens (primary N) is 1. The molecule has 0 amide bonds. The van der Waals surface area contributed by atoms with E-state index in [1.165, 1.54) is 12.0 Å². The summed E-state index contributed by atoms with van der Waals surface area (Å²) in [7, 11) is 3.30. The van der Waals surface area contributed by atoms with Gasteiger partial charge in [-0.2, -0.15) is 0 Å². The molecule has 1 aliphatic rings. The molecule has 0 aromatic heterocycles. The van der Waals surface area contributed by atoms with E-state index in [-0.39, 0.29) is 0 Å². The number of benzene rings is 1. The first-order valence-electron chi connectivity index (χ1n) is 5.23. The maximum atomic E-state index is 5.94. The second-order valence-electron chi connectivity index (χ2n) is 3.96. The molecule has 2 unspecified atom stereocenters. The van der Waals surface area contributed by atoms with Crippen molar-refractivity contribution in [2.24, 2.45) is 5.73 Å². The summed E-state index contributed by atoms with van der Waals surface area (Å²) in [5.41, 5.74) is 7.20. The van der Waals surface area contributed by atoms with Gasteiger partial charge in [-0.15, -0.1) is 0 Å². The minimum Gasteiger partial charge on any atom is -0.493 e. The van der Waals surface area contributed by atoms with Gasteiger partial charge in [0.25, 0.3) is 0 Å². The molecule has 1 saturated carbocycles. The van der Waals surface area contributed by atoms with E-state index in [0.29, 0.717) is 12.0 Å². The van der Waals surface area contributed by atoms with Gasteiger partial charge in [0, 0.05) is 6.04 Å². The van der Waals surface area contributed by atoms with E-state index >= 15 is 0 Å². The Morgan fingerprint density at radius 1 is 1.13 bits per heavy atom. The first-order chi connectivity index (χ1) is 7.26. The van der Waals surface area contributed by atoms with Crippen LogP contribution < -0.4 is 15.2 Å². The summed E-state index contributed by atoms with van der Waals surface area (Å²) in [5, 5.41) is 0. The van der Waals surface area contributed by atoms with Crippen LogP contribution in [0, 0.1) is 0 Å². The van der Waals surface area contributed by atoms with E-state index in [0.717, 1.165) is 17.9 Å². The highest BCUT2D eigenvalue weighted by Crippen LogP contribution is 2.39. The Morgan fingerprint density at radius 2 is 1.87 bits per heavy atom. The highest BCUT2D eigenvalue weighted by Gasteiger charge is 2.29. The Hall–Kier alpha value is -1.22. The normalized spacial score (nSPS) is 24.5. The minimum absolute atomic E-state index is 0.308. The number of hydrogen-bond acceptors (Lipinski definition) is 3. The van der Waals surface area contributed by atoms with Gasteiger partial charge in [0.1, 0.15) is 0 Å². The van der Waals surface area contributed by atoms with Crippen molar-refractivity contribution in [1.29, 1.82) is 0 Å². The fourth-order valence-corrected chi connectivity index (χ4v) is 2.02. The summed E-state index contributed by atoms with van der Waals surface area (Å²) in [6, 6.07) is 6.36. The summed E-state index contributed by atoms with van der Waals surface area (Å²) in [6.07, 6.45) is 2.30. The summed E-state index contributed by atoms with van der Waals surface area (Å²) >= 11 is 0. The Bertz CT molecular complexity index is 351. The molecule has 0 radical (unpaired) electrons. The summed E-state index contributed by atoms with van der Waals surface area (Å²) in [4.78, 5) is 0. The van der Waals surface area contributed by atoms with Gasteiger partial charge in [0.2, 0.25) is 0 Å². The Morgan fingerprint density at radius 3 is 2.33 bits per heavy atom. The maximum Gasteiger partial charge on any atom is 0.160 e. The molecule has 1 aromatic carbocycles. The highest BCUT2D eigenvalue weighted by atomic mass is 16.5.